The van der Waals surface area contributed by atoms with Crippen LogP contribution >= 0.6 is 0 Å². The molecule has 0 bridgehead atoms. The zero-order valence-corrected chi connectivity index (χ0v) is 17.8. The number of anilines is 1. The molecule has 0 atom stereocenters. The van der Waals surface area contributed by atoms with Crippen LogP contribution in [0.4, 0.5) is 10.5 Å². The fourth-order valence-corrected chi connectivity index (χ4v) is 6.45. The van der Waals surface area contributed by atoms with E-state index in [2.05, 4.69) is 0 Å². The molecule has 7 heteroatoms. The number of amides is 1. The Labute approximate surface area is 172 Å². The van der Waals surface area contributed by atoms with Gasteiger partial charge in [0, 0.05) is 24.7 Å². The van der Waals surface area contributed by atoms with Gasteiger partial charge in [-0.15, -0.1) is 0 Å². The molecule has 2 aromatic carbocycles. The third-order valence-electron chi connectivity index (χ3n) is 5.79. The third-order valence-corrected chi connectivity index (χ3v) is 7.99. The number of ether oxygens (including phenoxy) is 1. The number of carbonyl (C=O) groups is 1. The molecule has 1 amide bonds. The zero-order valence-electron chi connectivity index (χ0n) is 17.0. The lowest BCUT2D eigenvalue weighted by molar-refractivity contribution is 0.136. The summed E-state index contributed by atoms with van der Waals surface area (Å²) in [5.74, 6) is 0. The van der Waals surface area contributed by atoms with Crippen LogP contribution in [0.5, 0.6) is 0 Å². The van der Waals surface area contributed by atoms with Crippen LogP contribution in [-0.2, 0) is 21.4 Å². The van der Waals surface area contributed by atoms with Gasteiger partial charge in [-0.2, -0.15) is 4.31 Å². The molecule has 29 heavy (non-hydrogen) atoms. The maximum atomic E-state index is 13.3. The van der Waals surface area contributed by atoms with Crippen molar-refractivity contribution in [2.24, 2.45) is 0 Å². The van der Waals surface area contributed by atoms with Gasteiger partial charge < -0.3 is 4.74 Å². The number of sulfonamides is 1. The minimum Gasteiger partial charge on any atom is -0.444 e. The number of hydrogen-bond donors (Lipinski definition) is 0. The van der Waals surface area contributed by atoms with Crippen molar-refractivity contribution in [1.29, 1.82) is 0 Å². The summed E-state index contributed by atoms with van der Waals surface area (Å²) in [6.45, 7) is 6.71. The lowest BCUT2D eigenvalue weighted by Crippen LogP contribution is -2.50. The molecule has 2 aromatic rings. The Morgan fingerprint density at radius 2 is 1.62 bits per heavy atom. The molecule has 1 fully saturated rings. The molecular formula is C22H26N2O4S. The Bertz CT molecular complexity index is 1030. The van der Waals surface area contributed by atoms with Crippen molar-refractivity contribution >= 4 is 21.8 Å². The molecular weight excluding hydrogens is 388 g/mol. The van der Waals surface area contributed by atoms with Crippen molar-refractivity contribution in [2.45, 2.75) is 51.2 Å². The van der Waals surface area contributed by atoms with Gasteiger partial charge in [-0.3, -0.25) is 4.90 Å². The van der Waals surface area contributed by atoms with Gasteiger partial charge >= 0.3 is 6.09 Å². The van der Waals surface area contributed by atoms with E-state index in [4.69, 9.17) is 4.74 Å². The molecule has 0 N–H and O–H groups in total. The highest BCUT2D eigenvalue weighted by molar-refractivity contribution is 7.89. The van der Waals surface area contributed by atoms with Crippen LogP contribution in [0.25, 0.3) is 0 Å². The fourth-order valence-electron chi connectivity index (χ4n) is 4.56. The van der Waals surface area contributed by atoms with E-state index in [9.17, 15) is 13.2 Å². The van der Waals surface area contributed by atoms with E-state index in [1.807, 2.05) is 57.2 Å². The van der Waals surface area contributed by atoms with E-state index in [-0.39, 0.29) is 18.7 Å². The summed E-state index contributed by atoms with van der Waals surface area (Å²) in [6, 6.07) is 11.5. The number of aryl methyl sites for hydroxylation is 3. The highest BCUT2D eigenvalue weighted by Crippen LogP contribution is 2.33. The minimum atomic E-state index is -3.57. The van der Waals surface area contributed by atoms with Crippen molar-refractivity contribution in [2.75, 3.05) is 18.0 Å². The summed E-state index contributed by atoms with van der Waals surface area (Å²) in [6.07, 6.45) is 0.800. The van der Waals surface area contributed by atoms with Crippen molar-refractivity contribution in [3.63, 3.8) is 0 Å². The first-order valence-electron chi connectivity index (χ1n) is 9.91. The Kier molecular flexibility index (Phi) is 5.12. The standard InChI is InChI=1S/C22H26N2O4S/c1-15-12-16(2)21(17(3)13-15)29(26,27)23-10-8-19(9-11-23)24-20-7-5-4-6-18(20)14-28-22(24)25/h4-7,12-13,19H,8-11,14H2,1-3H3. The quantitative estimate of drug-likeness (QED) is 0.763. The number of carbonyl (C=O) groups excluding carboxylic acids is 1. The predicted molar refractivity (Wildman–Crippen MR) is 112 cm³/mol. The number of rotatable bonds is 3. The molecule has 0 aliphatic carbocycles. The van der Waals surface area contributed by atoms with Gasteiger partial charge in [0.1, 0.15) is 6.61 Å². The number of nitrogens with zero attached hydrogens (tertiary/aromatic N) is 2. The third kappa shape index (κ3) is 3.53. The van der Waals surface area contributed by atoms with E-state index >= 15 is 0 Å². The molecule has 6 nitrogen and oxygen atoms in total. The lowest BCUT2D eigenvalue weighted by atomic mass is 10.0. The van der Waals surface area contributed by atoms with Crippen molar-refractivity contribution < 1.29 is 17.9 Å². The van der Waals surface area contributed by atoms with Crippen LogP contribution in [0, 0.1) is 20.8 Å². The van der Waals surface area contributed by atoms with E-state index < -0.39 is 10.0 Å². The second-order valence-electron chi connectivity index (χ2n) is 7.92. The summed E-state index contributed by atoms with van der Waals surface area (Å²) in [5, 5.41) is 0. The Morgan fingerprint density at radius 1 is 1.00 bits per heavy atom. The molecule has 1 saturated heterocycles. The molecule has 154 valence electrons. The van der Waals surface area contributed by atoms with Gasteiger partial charge in [-0.05, 0) is 50.8 Å². The van der Waals surface area contributed by atoms with Crippen LogP contribution in [0.3, 0.4) is 0 Å². The smallest absolute Gasteiger partial charge is 0.414 e. The molecule has 0 spiro atoms. The maximum Gasteiger partial charge on any atom is 0.414 e. The SMILES string of the molecule is Cc1cc(C)c(S(=O)(=O)N2CCC(N3C(=O)OCc4ccccc43)CC2)c(C)c1. The monoisotopic (exact) mass is 414 g/mol. The Morgan fingerprint density at radius 3 is 2.28 bits per heavy atom. The summed E-state index contributed by atoms with van der Waals surface area (Å²) >= 11 is 0. The molecule has 2 aliphatic rings. The van der Waals surface area contributed by atoms with Crippen LogP contribution in [0.15, 0.2) is 41.3 Å². The van der Waals surface area contributed by atoms with Crippen LogP contribution < -0.4 is 4.90 Å². The van der Waals surface area contributed by atoms with Gasteiger partial charge in [0.15, 0.2) is 0 Å². The van der Waals surface area contributed by atoms with E-state index in [0.717, 1.165) is 27.9 Å². The van der Waals surface area contributed by atoms with E-state index in [1.165, 1.54) is 0 Å². The number of para-hydroxylation sites is 1. The predicted octanol–water partition coefficient (Wildman–Crippen LogP) is 3.92. The first-order valence-corrected chi connectivity index (χ1v) is 11.3. The number of piperidine rings is 1. The number of cyclic esters (lactones) is 1. The second kappa shape index (κ2) is 7.46. The fraction of sp³-hybridized carbons (Fsp3) is 0.409. The van der Waals surface area contributed by atoms with Crippen molar-refractivity contribution in [3.05, 3.63) is 58.7 Å². The summed E-state index contributed by atoms with van der Waals surface area (Å²) in [5.41, 5.74) is 4.46. The summed E-state index contributed by atoms with van der Waals surface area (Å²) in [4.78, 5) is 14.6. The minimum absolute atomic E-state index is 0.0735. The van der Waals surface area contributed by atoms with Gasteiger partial charge in [-0.25, -0.2) is 13.2 Å². The average molecular weight is 415 g/mol. The molecule has 2 aliphatic heterocycles. The molecule has 4 rings (SSSR count). The lowest BCUT2D eigenvalue weighted by Gasteiger charge is -2.40. The zero-order chi connectivity index (χ0) is 20.8. The van der Waals surface area contributed by atoms with Gasteiger partial charge in [0.25, 0.3) is 0 Å². The van der Waals surface area contributed by atoms with Gasteiger partial charge in [0.05, 0.1) is 10.6 Å². The number of fused-ring (bicyclic) bond motifs is 1. The first kappa shape index (κ1) is 19.9. The average Bonchev–Trinajstić information content (AvgIpc) is 2.67. The number of hydrogen-bond acceptors (Lipinski definition) is 4. The highest BCUT2D eigenvalue weighted by Gasteiger charge is 2.37. The molecule has 0 aromatic heterocycles. The van der Waals surface area contributed by atoms with Crippen LogP contribution in [-0.4, -0.2) is 37.9 Å². The van der Waals surface area contributed by atoms with Crippen LogP contribution in [0.1, 0.15) is 35.1 Å². The Hall–Kier alpha value is -2.38. The molecule has 0 radical (unpaired) electrons. The molecule has 2 heterocycles. The van der Waals surface area contributed by atoms with Crippen LogP contribution in [0.2, 0.25) is 0 Å². The van der Waals surface area contributed by atoms with Gasteiger partial charge in [0.2, 0.25) is 10.0 Å². The first-order chi connectivity index (χ1) is 13.8. The second-order valence-corrected chi connectivity index (χ2v) is 9.79. The normalized spacial score (nSPS) is 18.4. The summed E-state index contributed by atoms with van der Waals surface area (Å²) in [7, 11) is -3.57. The molecule has 0 saturated carbocycles. The molecule has 0 unspecified atom stereocenters. The summed E-state index contributed by atoms with van der Waals surface area (Å²) < 4.78 is 33.5. The van der Waals surface area contributed by atoms with Crippen molar-refractivity contribution in [1.82, 2.24) is 4.31 Å². The number of benzene rings is 2. The van der Waals surface area contributed by atoms with E-state index in [1.54, 1.807) is 9.21 Å². The van der Waals surface area contributed by atoms with Gasteiger partial charge in [-0.1, -0.05) is 35.9 Å². The largest absolute Gasteiger partial charge is 0.444 e. The topological polar surface area (TPSA) is 66.9 Å². The van der Waals surface area contributed by atoms with E-state index in [0.29, 0.717) is 30.8 Å². The Balaban J connectivity index is 1.55. The maximum absolute atomic E-state index is 13.3. The van der Waals surface area contributed by atoms with Crippen molar-refractivity contribution in [3.8, 4) is 0 Å². The highest BCUT2D eigenvalue weighted by atomic mass is 32.2.